The molecule has 0 N–H and O–H groups in total. The maximum absolute atomic E-state index is 15.8. The zero-order chi connectivity index (χ0) is 30.7. The fourth-order valence-corrected chi connectivity index (χ4v) is 6.94. The van der Waals surface area contributed by atoms with Crippen LogP contribution in [0.5, 0.6) is 5.75 Å². The molecule has 1 saturated carbocycles. The van der Waals surface area contributed by atoms with E-state index in [0.29, 0.717) is 67.2 Å². The van der Waals surface area contributed by atoms with Crippen molar-refractivity contribution in [2.24, 2.45) is 5.92 Å². The highest BCUT2D eigenvalue weighted by atomic mass is 19.4. The van der Waals surface area contributed by atoms with Gasteiger partial charge in [-0.25, -0.2) is 17.6 Å². The molecule has 0 amide bonds. The van der Waals surface area contributed by atoms with Crippen molar-refractivity contribution in [3.63, 3.8) is 0 Å². The Bertz CT molecular complexity index is 1420. The van der Waals surface area contributed by atoms with Gasteiger partial charge in [-0.3, -0.25) is 0 Å². The number of halogens is 7. The van der Waals surface area contributed by atoms with Crippen LogP contribution >= 0.6 is 0 Å². The van der Waals surface area contributed by atoms with Crippen LogP contribution in [-0.4, -0.2) is 6.36 Å². The lowest BCUT2D eigenvalue weighted by Gasteiger charge is -2.32. The van der Waals surface area contributed by atoms with Gasteiger partial charge in [0.1, 0.15) is 17.5 Å². The first-order valence-electron chi connectivity index (χ1n) is 15.3. The summed E-state index contributed by atoms with van der Waals surface area (Å²) in [6, 6.07) is 10.4. The normalized spacial score (nSPS) is 20.6. The van der Waals surface area contributed by atoms with Crippen molar-refractivity contribution >= 4 is 0 Å². The fourth-order valence-electron chi connectivity index (χ4n) is 6.94. The molecule has 2 aliphatic rings. The van der Waals surface area contributed by atoms with E-state index in [-0.39, 0.29) is 29.1 Å². The molecule has 0 aromatic heterocycles. The van der Waals surface area contributed by atoms with E-state index in [4.69, 9.17) is 0 Å². The standard InChI is InChI=1S/C35H37F7O/c1-2-3-4-21-5-8-24(29(36)18-21)9-6-22-7-15-28-27(17-22)20-31(38)33(34(28)39)25-12-10-23(11-13-25)26-14-16-32(30(37)19-26)43-35(40,41)42/h5,8,14,16,18-20,22-23,25H,2-4,6-7,9-13,15,17H2,1H3. The van der Waals surface area contributed by atoms with Gasteiger partial charge in [-0.2, -0.15) is 0 Å². The fraction of sp³-hybridized carbons (Fsp3) is 0.486. The molecule has 43 heavy (non-hydrogen) atoms. The molecule has 0 spiro atoms. The average Bonchev–Trinajstić information content (AvgIpc) is 2.96. The van der Waals surface area contributed by atoms with Gasteiger partial charge in [0.2, 0.25) is 0 Å². The molecule has 0 bridgehead atoms. The maximum Gasteiger partial charge on any atom is 0.573 e. The minimum absolute atomic E-state index is 0.112. The van der Waals surface area contributed by atoms with Crippen LogP contribution in [0.3, 0.4) is 0 Å². The third-order valence-electron chi connectivity index (χ3n) is 9.31. The predicted molar refractivity (Wildman–Crippen MR) is 152 cm³/mol. The molecule has 1 nitrogen and oxygen atoms in total. The van der Waals surface area contributed by atoms with Crippen LogP contribution in [0.25, 0.3) is 0 Å². The van der Waals surface area contributed by atoms with Crippen LogP contribution in [-0.2, 0) is 25.7 Å². The summed E-state index contributed by atoms with van der Waals surface area (Å²) < 4.78 is 101. The lowest BCUT2D eigenvalue weighted by Crippen LogP contribution is -2.21. The van der Waals surface area contributed by atoms with Crippen LogP contribution in [0.1, 0.15) is 104 Å². The summed E-state index contributed by atoms with van der Waals surface area (Å²) in [5, 5.41) is 0. The first-order valence-corrected chi connectivity index (χ1v) is 15.3. The number of ether oxygens (including phenoxy) is 1. The Morgan fingerprint density at radius 1 is 0.791 bits per heavy atom. The largest absolute Gasteiger partial charge is 0.573 e. The summed E-state index contributed by atoms with van der Waals surface area (Å²) in [4.78, 5) is 0. The van der Waals surface area contributed by atoms with E-state index >= 15 is 8.78 Å². The topological polar surface area (TPSA) is 9.23 Å². The van der Waals surface area contributed by atoms with Crippen molar-refractivity contribution in [2.45, 2.75) is 102 Å². The second-order valence-electron chi connectivity index (χ2n) is 12.2. The molecule has 1 atom stereocenters. The van der Waals surface area contributed by atoms with Gasteiger partial charge in [-0.15, -0.1) is 13.2 Å². The number of alkyl halides is 3. The molecule has 0 radical (unpaired) electrons. The van der Waals surface area contributed by atoms with Crippen LogP contribution in [0.4, 0.5) is 30.7 Å². The summed E-state index contributed by atoms with van der Waals surface area (Å²) >= 11 is 0. The first-order chi connectivity index (χ1) is 20.5. The molecule has 3 aromatic rings. The molecule has 1 unspecified atom stereocenters. The zero-order valence-electron chi connectivity index (χ0n) is 24.3. The molecule has 3 aromatic carbocycles. The summed E-state index contributed by atoms with van der Waals surface area (Å²) in [7, 11) is 0. The van der Waals surface area contributed by atoms with Crippen LogP contribution in [0.2, 0.25) is 0 Å². The van der Waals surface area contributed by atoms with E-state index in [1.165, 1.54) is 12.1 Å². The minimum Gasteiger partial charge on any atom is -0.403 e. The van der Waals surface area contributed by atoms with E-state index in [1.54, 1.807) is 6.07 Å². The molecular weight excluding hydrogens is 569 g/mol. The number of aryl methyl sites for hydroxylation is 2. The Morgan fingerprint density at radius 2 is 1.53 bits per heavy atom. The molecular formula is C35H37F7O. The van der Waals surface area contributed by atoms with Gasteiger partial charge in [0.25, 0.3) is 0 Å². The highest BCUT2D eigenvalue weighted by molar-refractivity contribution is 5.40. The predicted octanol–water partition coefficient (Wildman–Crippen LogP) is 10.7. The zero-order valence-corrected chi connectivity index (χ0v) is 24.3. The van der Waals surface area contributed by atoms with Gasteiger partial charge in [0.15, 0.2) is 11.6 Å². The lowest BCUT2D eigenvalue weighted by atomic mass is 9.74. The van der Waals surface area contributed by atoms with Crippen molar-refractivity contribution in [3.05, 3.63) is 99.1 Å². The number of unbranched alkanes of at least 4 members (excludes halogenated alkanes) is 1. The molecule has 0 saturated heterocycles. The SMILES string of the molecule is CCCCc1ccc(CCC2CCc3c(cc(F)c(C4CCC(c5ccc(OC(F)(F)F)c(F)c5)CC4)c3F)C2)c(F)c1. The Hall–Kier alpha value is -3.03. The smallest absolute Gasteiger partial charge is 0.403 e. The Kier molecular flexibility index (Phi) is 9.72. The summed E-state index contributed by atoms with van der Waals surface area (Å²) in [5.74, 6) is -3.38. The van der Waals surface area contributed by atoms with Crippen molar-refractivity contribution < 1.29 is 35.5 Å². The molecule has 0 aliphatic heterocycles. The van der Waals surface area contributed by atoms with Crippen LogP contribution in [0, 0.1) is 29.2 Å². The minimum atomic E-state index is -4.98. The second kappa shape index (κ2) is 13.3. The Morgan fingerprint density at radius 3 is 2.21 bits per heavy atom. The molecule has 8 heteroatoms. The van der Waals surface area contributed by atoms with Crippen molar-refractivity contribution in [3.8, 4) is 5.75 Å². The van der Waals surface area contributed by atoms with Gasteiger partial charge >= 0.3 is 6.36 Å². The van der Waals surface area contributed by atoms with Crippen LogP contribution in [0.15, 0.2) is 42.5 Å². The lowest BCUT2D eigenvalue weighted by molar-refractivity contribution is -0.275. The number of rotatable bonds is 9. The highest BCUT2D eigenvalue weighted by Crippen LogP contribution is 2.44. The van der Waals surface area contributed by atoms with E-state index in [2.05, 4.69) is 11.7 Å². The van der Waals surface area contributed by atoms with E-state index < -0.39 is 29.6 Å². The Labute approximate surface area is 248 Å². The Balaban J connectivity index is 1.20. The van der Waals surface area contributed by atoms with Gasteiger partial charge in [0, 0.05) is 5.56 Å². The highest BCUT2D eigenvalue weighted by Gasteiger charge is 2.34. The van der Waals surface area contributed by atoms with Crippen molar-refractivity contribution in [2.75, 3.05) is 0 Å². The second-order valence-corrected chi connectivity index (χ2v) is 12.2. The molecule has 1 fully saturated rings. The van der Waals surface area contributed by atoms with Gasteiger partial charge < -0.3 is 4.74 Å². The maximum atomic E-state index is 15.8. The number of benzene rings is 3. The van der Waals surface area contributed by atoms with Gasteiger partial charge in [0.05, 0.1) is 0 Å². The van der Waals surface area contributed by atoms with Gasteiger partial charge in [-0.1, -0.05) is 31.5 Å². The number of fused-ring (bicyclic) bond motifs is 1. The van der Waals surface area contributed by atoms with Crippen molar-refractivity contribution in [1.82, 2.24) is 0 Å². The molecule has 5 rings (SSSR count). The van der Waals surface area contributed by atoms with Crippen molar-refractivity contribution in [1.29, 1.82) is 0 Å². The molecule has 0 heterocycles. The van der Waals surface area contributed by atoms with E-state index in [1.807, 2.05) is 12.1 Å². The first kappa shape index (κ1) is 31.4. The third kappa shape index (κ3) is 7.55. The van der Waals surface area contributed by atoms with Gasteiger partial charge in [-0.05, 0) is 140 Å². The molecule has 2 aliphatic carbocycles. The monoisotopic (exact) mass is 606 g/mol. The third-order valence-corrected chi connectivity index (χ3v) is 9.31. The molecule has 232 valence electrons. The van der Waals surface area contributed by atoms with E-state index in [9.17, 15) is 22.0 Å². The van der Waals surface area contributed by atoms with E-state index in [0.717, 1.165) is 49.8 Å². The summed E-state index contributed by atoms with van der Waals surface area (Å²) in [6.07, 6.45) is 3.21. The quantitative estimate of drug-likeness (QED) is 0.220. The average molecular weight is 607 g/mol. The number of hydrogen-bond acceptors (Lipinski definition) is 1. The summed E-state index contributed by atoms with van der Waals surface area (Å²) in [6.45, 7) is 2.11. The van der Waals surface area contributed by atoms with Crippen LogP contribution < -0.4 is 4.74 Å². The number of hydrogen-bond donors (Lipinski definition) is 0. The summed E-state index contributed by atoms with van der Waals surface area (Å²) in [5.41, 5.74) is 3.62.